The van der Waals surface area contributed by atoms with Gasteiger partial charge >= 0.3 is 0 Å². The van der Waals surface area contributed by atoms with E-state index in [0.29, 0.717) is 30.0 Å². The minimum absolute atomic E-state index is 0.00637. The van der Waals surface area contributed by atoms with Crippen LogP contribution in [0.5, 0.6) is 11.5 Å². The Hall–Kier alpha value is -3.32. The Labute approximate surface area is 182 Å². The van der Waals surface area contributed by atoms with Gasteiger partial charge in [-0.25, -0.2) is 0 Å². The van der Waals surface area contributed by atoms with Gasteiger partial charge in [0, 0.05) is 18.7 Å². The molecule has 1 atom stereocenters. The highest BCUT2D eigenvalue weighted by atomic mass is 16.5. The third-order valence-corrected chi connectivity index (χ3v) is 5.01. The van der Waals surface area contributed by atoms with Crippen LogP contribution in [0.25, 0.3) is 5.76 Å². The van der Waals surface area contributed by atoms with Gasteiger partial charge in [-0.3, -0.25) is 9.59 Å². The van der Waals surface area contributed by atoms with E-state index in [-0.39, 0.29) is 23.2 Å². The molecule has 1 heterocycles. The zero-order chi connectivity index (χ0) is 22.7. The molecule has 1 fully saturated rings. The number of phenolic OH excluding ortho intramolecular Hbond substituents is 1. The van der Waals surface area contributed by atoms with Crippen LogP contribution in [-0.4, -0.2) is 65.0 Å². The Kier molecular flexibility index (Phi) is 6.65. The number of hydrogen-bond acceptors (Lipinski definition) is 6. The molecule has 0 bridgehead atoms. The second kappa shape index (κ2) is 9.22. The maximum Gasteiger partial charge on any atom is 0.295 e. The van der Waals surface area contributed by atoms with Crippen LogP contribution in [0.15, 0.2) is 54.1 Å². The molecule has 0 spiro atoms. The van der Waals surface area contributed by atoms with E-state index in [1.165, 1.54) is 17.0 Å². The topological polar surface area (TPSA) is 90.3 Å². The maximum atomic E-state index is 12.9. The summed E-state index contributed by atoms with van der Waals surface area (Å²) in [4.78, 5) is 29.1. The smallest absolute Gasteiger partial charge is 0.295 e. The van der Waals surface area contributed by atoms with Gasteiger partial charge in [0.15, 0.2) is 0 Å². The van der Waals surface area contributed by atoms with Gasteiger partial charge < -0.3 is 24.7 Å². The van der Waals surface area contributed by atoms with Crippen LogP contribution >= 0.6 is 0 Å². The molecule has 1 unspecified atom stereocenters. The first-order valence-electron chi connectivity index (χ1n) is 10.2. The number of amides is 1. The van der Waals surface area contributed by atoms with Gasteiger partial charge in [-0.1, -0.05) is 12.1 Å². The van der Waals surface area contributed by atoms with Crippen molar-refractivity contribution in [3.63, 3.8) is 0 Å². The van der Waals surface area contributed by atoms with E-state index in [4.69, 9.17) is 4.74 Å². The van der Waals surface area contributed by atoms with E-state index < -0.39 is 17.7 Å². The highest BCUT2D eigenvalue weighted by Gasteiger charge is 2.45. The first-order chi connectivity index (χ1) is 14.7. The van der Waals surface area contributed by atoms with Crippen molar-refractivity contribution in [2.45, 2.75) is 26.0 Å². The number of aromatic hydroxyl groups is 1. The predicted molar refractivity (Wildman–Crippen MR) is 118 cm³/mol. The van der Waals surface area contributed by atoms with Gasteiger partial charge in [0.25, 0.3) is 11.7 Å². The average Bonchev–Trinajstić information content (AvgIpc) is 2.96. The highest BCUT2D eigenvalue weighted by molar-refractivity contribution is 6.46. The number of aliphatic hydroxyl groups is 1. The molecule has 2 aromatic rings. The first-order valence-corrected chi connectivity index (χ1v) is 10.2. The number of ketones is 1. The van der Waals surface area contributed by atoms with Crippen molar-refractivity contribution in [1.29, 1.82) is 0 Å². The second-order valence-electron chi connectivity index (χ2n) is 8.08. The average molecular weight is 424 g/mol. The molecule has 31 heavy (non-hydrogen) atoms. The summed E-state index contributed by atoms with van der Waals surface area (Å²) in [7, 11) is 3.75. The van der Waals surface area contributed by atoms with E-state index in [2.05, 4.69) is 0 Å². The van der Waals surface area contributed by atoms with Crippen LogP contribution < -0.4 is 4.74 Å². The molecule has 7 nitrogen and oxygen atoms in total. The predicted octanol–water partition coefficient (Wildman–Crippen LogP) is 3.16. The van der Waals surface area contributed by atoms with E-state index in [9.17, 15) is 19.8 Å². The molecule has 0 aliphatic carbocycles. The van der Waals surface area contributed by atoms with Crippen molar-refractivity contribution >= 4 is 17.4 Å². The van der Waals surface area contributed by atoms with Gasteiger partial charge in [-0.05, 0) is 69.9 Å². The van der Waals surface area contributed by atoms with Crippen LogP contribution in [-0.2, 0) is 9.59 Å². The Balaban J connectivity index is 2.08. The summed E-state index contributed by atoms with van der Waals surface area (Å²) in [6, 6.07) is 12.3. The number of carbonyl (C=O) groups excluding carboxylic acids is 2. The summed E-state index contributed by atoms with van der Waals surface area (Å²) < 4.78 is 5.63. The van der Waals surface area contributed by atoms with Crippen LogP contribution in [0.3, 0.4) is 0 Å². The molecule has 2 N–H and O–H groups in total. The van der Waals surface area contributed by atoms with Crippen LogP contribution in [0.4, 0.5) is 0 Å². The molecule has 1 amide bonds. The van der Waals surface area contributed by atoms with Crippen molar-refractivity contribution in [3.8, 4) is 11.5 Å². The number of nitrogens with zero attached hydrogens (tertiary/aromatic N) is 2. The molecule has 1 aliphatic rings. The Morgan fingerprint density at radius 1 is 1.13 bits per heavy atom. The lowest BCUT2D eigenvalue weighted by molar-refractivity contribution is -0.140. The van der Waals surface area contributed by atoms with Crippen molar-refractivity contribution in [1.82, 2.24) is 9.80 Å². The molecule has 3 rings (SSSR count). The third-order valence-electron chi connectivity index (χ3n) is 5.01. The number of benzene rings is 2. The number of phenols is 1. The summed E-state index contributed by atoms with van der Waals surface area (Å²) in [5.74, 6) is -1.01. The Bertz CT molecular complexity index is 995. The van der Waals surface area contributed by atoms with Crippen LogP contribution in [0.2, 0.25) is 0 Å². The quantitative estimate of drug-likeness (QED) is 0.403. The zero-order valence-corrected chi connectivity index (χ0v) is 18.2. The summed E-state index contributed by atoms with van der Waals surface area (Å²) in [6.45, 7) is 4.68. The fourth-order valence-electron chi connectivity index (χ4n) is 3.58. The molecular formula is C24H28N2O5. The Morgan fingerprint density at radius 2 is 1.81 bits per heavy atom. The molecule has 0 aromatic heterocycles. The van der Waals surface area contributed by atoms with Crippen LogP contribution in [0, 0.1) is 0 Å². The number of Topliss-reactive ketones (excluding diaryl/α,β-unsaturated/α-hetero) is 1. The van der Waals surface area contributed by atoms with Gasteiger partial charge in [0.2, 0.25) is 0 Å². The summed E-state index contributed by atoms with van der Waals surface area (Å²) in [5.41, 5.74) is 0.970. The maximum absolute atomic E-state index is 12.9. The van der Waals surface area contributed by atoms with Gasteiger partial charge in [0.1, 0.15) is 17.3 Å². The van der Waals surface area contributed by atoms with E-state index in [0.717, 1.165) is 0 Å². The van der Waals surface area contributed by atoms with Gasteiger partial charge in [-0.2, -0.15) is 0 Å². The normalized spacial score (nSPS) is 18.3. The SMILES string of the molecule is CC(C)Oc1ccc(/C(O)=C2/C(=O)C(=O)N(CCN(C)C)C2c2cccc(O)c2)cc1. The molecule has 2 aromatic carbocycles. The molecule has 164 valence electrons. The fourth-order valence-corrected chi connectivity index (χ4v) is 3.58. The monoisotopic (exact) mass is 424 g/mol. The molecule has 1 saturated heterocycles. The molecule has 0 saturated carbocycles. The van der Waals surface area contributed by atoms with Gasteiger partial charge in [0.05, 0.1) is 17.7 Å². The van der Waals surface area contributed by atoms with E-state index >= 15 is 0 Å². The number of likely N-dealkylation sites (tertiary alicyclic amines) is 1. The number of ether oxygens (including phenoxy) is 1. The molecule has 0 radical (unpaired) electrons. The summed E-state index contributed by atoms with van der Waals surface area (Å²) >= 11 is 0. The Morgan fingerprint density at radius 3 is 2.39 bits per heavy atom. The minimum atomic E-state index is -0.793. The third kappa shape index (κ3) is 4.88. The largest absolute Gasteiger partial charge is 0.508 e. The van der Waals surface area contributed by atoms with Crippen LogP contribution in [0.1, 0.15) is 31.0 Å². The van der Waals surface area contributed by atoms with Gasteiger partial charge in [-0.15, -0.1) is 0 Å². The van der Waals surface area contributed by atoms with E-state index in [1.54, 1.807) is 36.4 Å². The van der Waals surface area contributed by atoms with Crippen molar-refractivity contribution < 1.29 is 24.5 Å². The summed E-state index contributed by atoms with van der Waals surface area (Å²) in [5, 5.41) is 21.0. The minimum Gasteiger partial charge on any atom is -0.508 e. The first kappa shape index (κ1) is 22.4. The van der Waals surface area contributed by atoms with Crippen molar-refractivity contribution in [3.05, 3.63) is 65.2 Å². The lowest BCUT2D eigenvalue weighted by Crippen LogP contribution is -2.35. The van der Waals surface area contributed by atoms with E-state index in [1.807, 2.05) is 32.8 Å². The zero-order valence-electron chi connectivity index (χ0n) is 18.2. The number of likely N-dealkylation sites (N-methyl/N-ethyl adjacent to an activating group) is 1. The lowest BCUT2D eigenvalue weighted by atomic mass is 9.95. The standard InChI is InChI=1S/C24H28N2O5/c1-15(2)31-19-10-8-16(9-11-19)22(28)20-21(17-6-5-7-18(27)14-17)26(13-12-25(3)4)24(30)23(20)29/h5-11,14-15,21,27-28H,12-13H2,1-4H3/b22-20-. The number of rotatable bonds is 7. The van der Waals surface area contributed by atoms with Crippen molar-refractivity contribution in [2.24, 2.45) is 0 Å². The summed E-state index contributed by atoms with van der Waals surface area (Å²) in [6.07, 6.45) is 0.00669. The van der Waals surface area contributed by atoms with Crippen molar-refractivity contribution in [2.75, 3.05) is 27.2 Å². The molecule has 1 aliphatic heterocycles. The second-order valence-corrected chi connectivity index (χ2v) is 8.08. The number of hydrogen-bond donors (Lipinski definition) is 2. The molecular weight excluding hydrogens is 396 g/mol. The fraction of sp³-hybridized carbons (Fsp3) is 0.333. The highest BCUT2D eigenvalue weighted by Crippen LogP contribution is 2.40. The number of aliphatic hydroxyl groups excluding tert-OH is 1. The number of carbonyl (C=O) groups is 2. The lowest BCUT2D eigenvalue weighted by Gasteiger charge is -2.26. The molecule has 7 heteroatoms.